The average Bonchev–Trinajstić information content (AvgIpc) is 2.38. The molecule has 0 heterocycles. The molecule has 0 saturated heterocycles. The fraction of sp³-hybridized carbons (Fsp3) is 0.333. The Morgan fingerprint density at radius 2 is 0.905 bits per heavy atom. The maximum absolute atomic E-state index is 6.28. The number of halogens is 2. The van der Waals surface area contributed by atoms with E-state index in [-0.39, 0.29) is 9.75 Å². The first kappa shape index (κ1) is 16.2. The molecule has 0 aliphatic carbocycles. The molecule has 0 spiro atoms. The first-order chi connectivity index (χ1) is 9.66. The van der Waals surface area contributed by atoms with Gasteiger partial charge in [0.25, 0.3) is 0 Å². The Bertz CT molecular complexity index is 532. The van der Waals surface area contributed by atoms with Gasteiger partial charge in [-0.2, -0.15) is 0 Å². The monoisotopic (exact) mass is 322 g/mol. The first-order valence-corrected chi connectivity index (χ1v) is 7.68. The van der Waals surface area contributed by atoms with E-state index in [0.29, 0.717) is 0 Å². The Kier molecular flexibility index (Phi) is 4.55. The zero-order valence-corrected chi connectivity index (χ0v) is 14.3. The Morgan fingerprint density at radius 1 is 0.619 bits per heavy atom. The Morgan fingerprint density at radius 3 is 1.14 bits per heavy atom. The number of hydrogen-bond donors (Lipinski definition) is 0. The summed E-state index contributed by atoms with van der Waals surface area (Å²) in [5.41, 5.74) is 2.13. The van der Waals surface area contributed by atoms with Crippen LogP contribution in [0.4, 0.5) is 0 Å². The highest BCUT2D eigenvalue weighted by atomic mass is 35.5. The molecular formula is C18H20Cl2O. The van der Waals surface area contributed by atoms with Crippen LogP contribution in [0.3, 0.4) is 0 Å². The molecule has 0 aliphatic heterocycles. The molecule has 0 fully saturated rings. The maximum atomic E-state index is 6.28. The lowest BCUT2D eigenvalue weighted by Gasteiger charge is -2.17. The third-order valence-corrected chi connectivity index (χ3v) is 3.75. The van der Waals surface area contributed by atoms with Crippen molar-refractivity contribution in [3.63, 3.8) is 0 Å². The second-order valence-corrected chi connectivity index (χ2v) is 7.99. The van der Waals surface area contributed by atoms with E-state index in [2.05, 4.69) is 0 Å². The summed E-state index contributed by atoms with van der Waals surface area (Å²) in [7, 11) is 0. The third kappa shape index (κ3) is 4.39. The van der Waals surface area contributed by atoms with E-state index < -0.39 is 0 Å². The van der Waals surface area contributed by atoms with Gasteiger partial charge in [0.2, 0.25) is 0 Å². The molecule has 3 heteroatoms. The van der Waals surface area contributed by atoms with Crippen molar-refractivity contribution in [1.82, 2.24) is 0 Å². The minimum atomic E-state index is -0.369. The van der Waals surface area contributed by atoms with Gasteiger partial charge in [0.05, 0.1) is 9.75 Å². The van der Waals surface area contributed by atoms with E-state index in [0.717, 1.165) is 22.6 Å². The zero-order chi connectivity index (χ0) is 15.7. The maximum Gasteiger partial charge on any atom is 0.127 e. The summed E-state index contributed by atoms with van der Waals surface area (Å²) in [5, 5.41) is 0. The zero-order valence-electron chi connectivity index (χ0n) is 12.8. The molecule has 1 nitrogen and oxygen atoms in total. The summed E-state index contributed by atoms with van der Waals surface area (Å²) >= 11 is 12.6. The third-order valence-electron chi connectivity index (χ3n) is 3.32. The van der Waals surface area contributed by atoms with E-state index in [1.54, 1.807) is 0 Å². The van der Waals surface area contributed by atoms with Crippen LogP contribution < -0.4 is 4.74 Å². The van der Waals surface area contributed by atoms with E-state index in [9.17, 15) is 0 Å². The molecule has 2 aromatic carbocycles. The van der Waals surface area contributed by atoms with Crippen molar-refractivity contribution in [3.8, 4) is 11.5 Å². The highest BCUT2D eigenvalue weighted by Crippen LogP contribution is 2.32. The second-order valence-electron chi connectivity index (χ2n) is 6.10. The molecule has 0 saturated carbocycles. The molecule has 112 valence electrons. The SMILES string of the molecule is CC(C)(Cl)c1ccc(Oc2ccc(C(C)(C)Cl)cc2)cc1. The smallest absolute Gasteiger partial charge is 0.127 e. The lowest BCUT2D eigenvalue weighted by molar-refractivity contribution is 0.481. The fourth-order valence-corrected chi connectivity index (χ4v) is 2.23. The van der Waals surface area contributed by atoms with Gasteiger partial charge in [-0.3, -0.25) is 0 Å². The van der Waals surface area contributed by atoms with Gasteiger partial charge < -0.3 is 4.74 Å². The highest BCUT2D eigenvalue weighted by molar-refractivity contribution is 6.23. The van der Waals surface area contributed by atoms with Crippen LogP contribution in [0.15, 0.2) is 48.5 Å². The van der Waals surface area contributed by atoms with Gasteiger partial charge in [0.15, 0.2) is 0 Å². The molecule has 0 atom stereocenters. The van der Waals surface area contributed by atoms with Crippen molar-refractivity contribution in [2.24, 2.45) is 0 Å². The van der Waals surface area contributed by atoms with E-state index in [1.807, 2.05) is 76.2 Å². The Hall–Kier alpha value is -1.18. The topological polar surface area (TPSA) is 9.23 Å². The van der Waals surface area contributed by atoms with Crippen LogP contribution in [0.5, 0.6) is 11.5 Å². The number of benzene rings is 2. The molecule has 2 aromatic rings. The number of rotatable bonds is 4. The van der Waals surface area contributed by atoms with Crippen molar-refractivity contribution in [2.75, 3.05) is 0 Å². The molecule has 0 aromatic heterocycles. The predicted octanol–water partition coefficient (Wildman–Crippen LogP) is 6.43. The van der Waals surface area contributed by atoms with Gasteiger partial charge in [0.1, 0.15) is 11.5 Å². The Balaban J connectivity index is 2.12. The summed E-state index contributed by atoms with van der Waals surface area (Å²) in [6.45, 7) is 7.88. The van der Waals surface area contributed by atoms with Gasteiger partial charge in [-0.1, -0.05) is 24.3 Å². The van der Waals surface area contributed by atoms with E-state index in [1.165, 1.54) is 0 Å². The fourth-order valence-electron chi connectivity index (χ4n) is 1.97. The number of alkyl halides is 2. The minimum Gasteiger partial charge on any atom is -0.457 e. The van der Waals surface area contributed by atoms with Crippen LogP contribution in [0.1, 0.15) is 38.8 Å². The summed E-state index contributed by atoms with van der Waals surface area (Å²) in [5.74, 6) is 1.58. The van der Waals surface area contributed by atoms with Gasteiger partial charge >= 0.3 is 0 Å². The van der Waals surface area contributed by atoms with Crippen LogP contribution >= 0.6 is 23.2 Å². The lowest BCUT2D eigenvalue weighted by Crippen LogP contribution is -2.07. The van der Waals surface area contributed by atoms with E-state index in [4.69, 9.17) is 27.9 Å². The van der Waals surface area contributed by atoms with Crippen LogP contribution in [-0.2, 0) is 9.75 Å². The highest BCUT2D eigenvalue weighted by Gasteiger charge is 2.17. The van der Waals surface area contributed by atoms with Crippen molar-refractivity contribution in [2.45, 2.75) is 37.4 Å². The standard InChI is InChI=1S/C18H20Cl2O/c1-17(2,19)13-5-9-15(10-6-13)21-16-11-7-14(8-12-16)18(3,4)20/h5-12H,1-4H3. The largest absolute Gasteiger partial charge is 0.457 e. The Labute approximate surface area is 136 Å². The van der Waals surface area contributed by atoms with Crippen molar-refractivity contribution >= 4 is 23.2 Å². The van der Waals surface area contributed by atoms with Crippen LogP contribution in [0.25, 0.3) is 0 Å². The minimum absolute atomic E-state index is 0.369. The van der Waals surface area contributed by atoms with Crippen LogP contribution in [0, 0.1) is 0 Å². The number of ether oxygens (including phenoxy) is 1. The molecule has 0 aliphatic rings. The molecule has 0 N–H and O–H groups in total. The molecule has 21 heavy (non-hydrogen) atoms. The summed E-state index contributed by atoms with van der Waals surface area (Å²) in [4.78, 5) is -0.738. The van der Waals surface area contributed by atoms with Gasteiger partial charge in [-0.25, -0.2) is 0 Å². The summed E-state index contributed by atoms with van der Waals surface area (Å²) < 4.78 is 5.83. The quantitative estimate of drug-likeness (QED) is 0.589. The molecule has 0 unspecified atom stereocenters. The first-order valence-electron chi connectivity index (χ1n) is 6.93. The van der Waals surface area contributed by atoms with Crippen molar-refractivity contribution < 1.29 is 4.74 Å². The molecule has 2 rings (SSSR count). The number of hydrogen-bond acceptors (Lipinski definition) is 1. The van der Waals surface area contributed by atoms with Gasteiger partial charge in [-0.15, -0.1) is 23.2 Å². The summed E-state index contributed by atoms with van der Waals surface area (Å²) in [6, 6.07) is 15.7. The average molecular weight is 323 g/mol. The van der Waals surface area contributed by atoms with Crippen molar-refractivity contribution in [3.05, 3.63) is 59.7 Å². The molecule has 0 radical (unpaired) electrons. The predicted molar refractivity (Wildman–Crippen MR) is 90.7 cm³/mol. The normalized spacial score (nSPS) is 12.3. The van der Waals surface area contributed by atoms with Crippen LogP contribution in [0.2, 0.25) is 0 Å². The van der Waals surface area contributed by atoms with Crippen molar-refractivity contribution in [1.29, 1.82) is 0 Å². The van der Waals surface area contributed by atoms with E-state index >= 15 is 0 Å². The van der Waals surface area contributed by atoms with Gasteiger partial charge in [0, 0.05) is 0 Å². The summed E-state index contributed by atoms with van der Waals surface area (Å²) in [6.07, 6.45) is 0. The molecular weight excluding hydrogens is 303 g/mol. The van der Waals surface area contributed by atoms with Crippen LogP contribution in [-0.4, -0.2) is 0 Å². The lowest BCUT2D eigenvalue weighted by atomic mass is 10.0. The van der Waals surface area contributed by atoms with Gasteiger partial charge in [-0.05, 0) is 63.1 Å². The molecule has 0 amide bonds. The molecule has 0 bridgehead atoms. The second kappa shape index (κ2) is 5.90.